The lowest BCUT2D eigenvalue weighted by Gasteiger charge is -2.11. The zero-order valence-corrected chi connectivity index (χ0v) is 25.4. The van der Waals surface area contributed by atoms with E-state index in [2.05, 4.69) is 13.2 Å². The van der Waals surface area contributed by atoms with Gasteiger partial charge in [0.15, 0.2) is 6.79 Å². The molecule has 10 heteroatoms. The highest BCUT2D eigenvalue weighted by Crippen LogP contribution is 2.47. The highest BCUT2D eigenvalue weighted by Gasteiger charge is 2.27. The van der Waals surface area contributed by atoms with Crippen LogP contribution in [0, 0.1) is 0 Å². The highest BCUT2D eigenvalue weighted by molar-refractivity contribution is 5.92. The van der Waals surface area contributed by atoms with Gasteiger partial charge >= 0.3 is 23.9 Å². The first kappa shape index (κ1) is 32.4. The molecule has 0 spiro atoms. The first-order chi connectivity index (χ1) is 22.7. The van der Waals surface area contributed by atoms with Gasteiger partial charge in [0.25, 0.3) is 0 Å². The minimum absolute atomic E-state index is 0.0473. The Morgan fingerprint density at radius 2 is 1.11 bits per heavy atom. The number of ether oxygens (including phenoxy) is 6. The first-order valence-electron chi connectivity index (χ1n) is 14.5. The predicted molar refractivity (Wildman–Crippen MR) is 170 cm³/mol. The van der Waals surface area contributed by atoms with E-state index in [9.17, 15) is 19.2 Å². The molecule has 0 radical (unpaired) electrons. The second kappa shape index (κ2) is 14.9. The third-order valence-corrected chi connectivity index (χ3v) is 7.28. The molecule has 0 saturated heterocycles. The molecule has 1 atom stereocenters. The van der Waals surface area contributed by atoms with Crippen molar-refractivity contribution in [3.63, 3.8) is 0 Å². The number of rotatable bonds is 13. The van der Waals surface area contributed by atoms with E-state index in [0.29, 0.717) is 28.4 Å². The molecule has 0 saturated carbocycles. The number of hydrogen-bond donors (Lipinski definition) is 0. The van der Waals surface area contributed by atoms with Crippen molar-refractivity contribution in [1.29, 1.82) is 0 Å². The lowest BCUT2D eigenvalue weighted by molar-refractivity contribution is -0.151. The van der Waals surface area contributed by atoms with E-state index in [-0.39, 0.29) is 26.1 Å². The quantitative estimate of drug-likeness (QED) is 0.0527. The number of hydrogen-bond acceptors (Lipinski definition) is 10. The van der Waals surface area contributed by atoms with Crippen molar-refractivity contribution in [2.24, 2.45) is 0 Å². The second-order valence-corrected chi connectivity index (χ2v) is 10.3. The molecule has 1 aliphatic rings. The van der Waals surface area contributed by atoms with Crippen LogP contribution in [0.15, 0.2) is 110 Å². The summed E-state index contributed by atoms with van der Waals surface area (Å²) in [6, 6.07) is 24.0. The van der Waals surface area contributed by atoms with Gasteiger partial charge in [0.05, 0.1) is 17.7 Å². The third kappa shape index (κ3) is 7.99. The summed E-state index contributed by atoms with van der Waals surface area (Å²) < 4.78 is 31.5. The summed E-state index contributed by atoms with van der Waals surface area (Å²) >= 11 is 0. The molecule has 0 bridgehead atoms. The lowest BCUT2D eigenvalue weighted by atomic mass is 9.99. The van der Waals surface area contributed by atoms with E-state index in [0.717, 1.165) is 40.0 Å². The number of carbonyl (C=O) groups excluding carboxylic acids is 4. The monoisotopic (exact) mass is 634 g/mol. The Morgan fingerprint density at radius 3 is 1.62 bits per heavy atom. The van der Waals surface area contributed by atoms with Gasteiger partial charge in [-0.15, -0.1) is 0 Å². The van der Waals surface area contributed by atoms with Crippen LogP contribution in [-0.2, 0) is 30.4 Å². The molecule has 4 aromatic rings. The molecule has 1 aliphatic carbocycles. The van der Waals surface area contributed by atoms with Crippen molar-refractivity contribution in [1.82, 2.24) is 0 Å². The van der Waals surface area contributed by atoms with Crippen LogP contribution in [0.4, 0.5) is 0 Å². The van der Waals surface area contributed by atoms with Crippen LogP contribution in [0.2, 0.25) is 0 Å². The van der Waals surface area contributed by atoms with Crippen LogP contribution >= 0.6 is 0 Å². The van der Waals surface area contributed by atoms with Gasteiger partial charge in [-0.3, -0.25) is 0 Å². The molecule has 0 aromatic heterocycles. The van der Waals surface area contributed by atoms with Gasteiger partial charge in [-0.2, -0.15) is 0 Å². The van der Waals surface area contributed by atoms with Gasteiger partial charge in [-0.05, 0) is 88.5 Å². The van der Waals surface area contributed by atoms with Gasteiger partial charge in [-0.25, -0.2) is 19.2 Å². The third-order valence-electron chi connectivity index (χ3n) is 7.28. The number of fused-ring (bicyclic) bond motifs is 3. The number of esters is 4. The number of carbonyl (C=O) groups is 4. The molecular formula is C37H30O10. The van der Waals surface area contributed by atoms with Crippen molar-refractivity contribution in [3.8, 4) is 28.4 Å². The largest absolute Gasteiger partial charge is 0.457 e. The Hall–Kier alpha value is -6.00. The van der Waals surface area contributed by atoms with E-state index >= 15 is 0 Å². The van der Waals surface area contributed by atoms with Gasteiger partial charge in [0.2, 0.25) is 6.79 Å². The summed E-state index contributed by atoms with van der Waals surface area (Å²) in [6.45, 7) is 8.38. The smallest absolute Gasteiger partial charge is 0.343 e. The molecule has 0 heterocycles. The maximum absolute atomic E-state index is 12.9. The summed E-state index contributed by atoms with van der Waals surface area (Å²) in [5.74, 6) is -1.06. The van der Waals surface area contributed by atoms with E-state index < -0.39 is 23.9 Å². The average molecular weight is 635 g/mol. The fraction of sp³-hybridized carbons (Fsp3) is 0.135. The molecule has 10 nitrogen and oxygen atoms in total. The summed E-state index contributed by atoms with van der Waals surface area (Å²) in [7, 11) is 0. The van der Waals surface area contributed by atoms with Crippen LogP contribution < -0.4 is 14.2 Å². The molecule has 238 valence electrons. The van der Waals surface area contributed by atoms with Crippen LogP contribution in [0.3, 0.4) is 0 Å². The van der Waals surface area contributed by atoms with Gasteiger partial charge in [-0.1, -0.05) is 44.3 Å². The fourth-order valence-corrected chi connectivity index (χ4v) is 4.87. The molecule has 0 aliphatic heterocycles. The topological polar surface area (TPSA) is 124 Å². The lowest BCUT2D eigenvalue weighted by Crippen LogP contribution is -2.10. The highest BCUT2D eigenvalue weighted by atomic mass is 16.7. The van der Waals surface area contributed by atoms with E-state index in [1.165, 1.54) is 0 Å². The molecular weight excluding hydrogens is 604 g/mol. The van der Waals surface area contributed by atoms with Crippen molar-refractivity contribution in [2.45, 2.75) is 19.4 Å². The van der Waals surface area contributed by atoms with Crippen molar-refractivity contribution in [3.05, 3.63) is 138 Å². The van der Waals surface area contributed by atoms with Crippen molar-refractivity contribution in [2.75, 3.05) is 13.6 Å². The Balaban J connectivity index is 1.17. The molecule has 0 fully saturated rings. The Bertz CT molecular complexity index is 1820. The molecule has 0 N–H and O–H groups in total. The summed E-state index contributed by atoms with van der Waals surface area (Å²) in [6.07, 6.45) is 2.09. The van der Waals surface area contributed by atoms with E-state index in [1.54, 1.807) is 60.7 Å². The Labute approximate surface area is 270 Å². The molecule has 5 rings (SSSR count). The van der Waals surface area contributed by atoms with Crippen LogP contribution in [0.1, 0.15) is 50.2 Å². The Kier molecular flexibility index (Phi) is 10.2. The number of benzene rings is 4. The van der Waals surface area contributed by atoms with Crippen LogP contribution in [-0.4, -0.2) is 37.5 Å². The summed E-state index contributed by atoms with van der Waals surface area (Å²) in [5, 5.41) is 0. The minimum Gasteiger partial charge on any atom is -0.457 e. The molecule has 4 aromatic carbocycles. The SMILES string of the molecule is C=CC(=O)OCOCc1ccc(C(=O)Oc2ccc3c(c2)C(C)c2cc(OC(=O)c4ccc(OCOC(=O)C=C)cc4)ccc2-3)cc1. The second-order valence-electron chi connectivity index (χ2n) is 10.3. The zero-order chi connectivity index (χ0) is 33.3. The average Bonchev–Trinajstić information content (AvgIpc) is 3.36. The zero-order valence-electron chi connectivity index (χ0n) is 25.4. The normalized spacial score (nSPS) is 12.6. The van der Waals surface area contributed by atoms with Crippen molar-refractivity contribution < 1.29 is 47.6 Å². The molecule has 47 heavy (non-hydrogen) atoms. The van der Waals surface area contributed by atoms with Crippen LogP contribution in [0.25, 0.3) is 11.1 Å². The standard InChI is InChI=1S/C37H30O10/c1-4-34(38)44-21-42-20-24-6-8-25(9-7-24)36(40)46-28-14-16-30-31-17-15-29(19-33(31)23(3)32(30)18-28)47-37(41)26-10-12-27(13-11-26)43-22-45-35(39)5-2/h4-19,23H,1-2,20-22H2,3H3. The van der Waals surface area contributed by atoms with Gasteiger partial charge < -0.3 is 28.4 Å². The minimum atomic E-state index is -0.601. The first-order valence-corrected chi connectivity index (χ1v) is 14.5. The maximum atomic E-state index is 12.9. The Morgan fingerprint density at radius 1 is 0.638 bits per heavy atom. The van der Waals surface area contributed by atoms with Gasteiger partial charge in [0, 0.05) is 18.1 Å². The summed E-state index contributed by atoms with van der Waals surface area (Å²) in [4.78, 5) is 47.9. The summed E-state index contributed by atoms with van der Waals surface area (Å²) in [5.41, 5.74) is 5.43. The predicted octanol–water partition coefficient (Wildman–Crippen LogP) is 6.53. The molecule has 1 unspecified atom stereocenters. The fourth-order valence-electron chi connectivity index (χ4n) is 4.87. The van der Waals surface area contributed by atoms with Crippen LogP contribution in [0.5, 0.6) is 17.2 Å². The van der Waals surface area contributed by atoms with E-state index in [1.807, 2.05) is 31.2 Å². The molecule has 0 amide bonds. The van der Waals surface area contributed by atoms with Crippen molar-refractivity contribution >= 4 is 23.9 Å². The van der Waals surface area contributed by atoms with Gasteiger partial charge in [0.1, 0.15) is 17.2 Å². The van der Waals surface area contributed by atoms with E-state index in [4.69, 9.17) is 28.4 Å². The maximum Gasteiger partial charge on any atom is 0.343 e.